The van der Waals surface area contributed by atoms with Crippen LogP contribution < -0.4 is 0 Å². The molecule has 1 unspecified atom stereocenters. The van der Waals surface area contributed by atoms with Crippen molar-refractivity contribution in [2.75, 3.05) is 6.61 Å². The Labute approximate surface area is 80.3 Å². The van der Waals surface area contributed by atoms with Crippen LogP contribution in [0.3, 0.4) is 0 Å². The first-order valence-corrected chi connectivity index (χ1v) is 5.63. The van der Waals surface area contributed by atoms with E-state index in [2.05, 4.69) is 0 Å². The lowest BCUT2D eigenvalue weighted by Gasteiger charge is -2.23. The van der Waals surface area contributed by atoms with E-state index in [4.69, 9.17) is 4.74 Å². The number of hydrogen-bond donors (Lipinski definition) is 1. The molecular weight excluding hydrogens is 164 g/mol. The number of ether oxygens (including phenoxy) is 1. The van der Waals surface area contributed by atoms with Crippen molar-refractivity contribution in [1.82, 2.24) is 0 Å². The fourth-order valence-electron chi connectivity index (χ4n) is 2.58. The Balaban J connectivity index is 1.71. The van der Waals surface area contributed by atoms with Crippen molar-refractivity contribution >= 4 is 0 Å². The molecule has 0 aromatic carbocycles. The Morgan fingerprint density at radius 1 is 1.23 bits per heavy atom. The third-order valence-corrected chi connectivity index (χ3v) is 3.49. The molecule has 1 atom stereocenters. The van der Waals surface area contributed by atoms with Crippen molar-refractivity contribution in [3.63, 3.8) is 0 Å². The van der Waals surface area contributed by atoms with Gasteiger partial charge >= 0.3 is 0 Å². The summed E-state index contributed by atoms with van der Waals surface area (Å²) in [6.07, 6.45) is 9.33. The van der Waals surface area contributed by atoms with E-state index in [1.807, 2.05) is 0 Å². The maximum absolute atomic E-state index is 10.1. The number of rotatable bonds is 3. The molecule has 0 amide bonds. The monoisotopic (exact) mass is 184 g/mol. The second-order valence-electron chi connectivity index (χ2n) is 4.61. The number of hydrogen-bond acceptors (Lipinski definition) is 2. The summed E-state index contributed by atoms with van der Waals surface area (Å²) in [5.41, 5.74) is -0.327. The molecule has 0 bridgehead atoms. The highest BCUT2D eigenvalue weighted by atomic mass is 16.5. The summed E-state index contributed by atoms with van der Waals surface area (Å²) in [7, 11) is 0. The zero-order valence-electron chi connectivity index (χ0n) is 8.30. The molecule has 2 heteroatoms. The van der Waals surface area contributed by atoms with Gasteiger partial charge in [-0.2, -0.15) is 0 Å². The lowest BCUT2D eigenvalue weighted by Crippen LogP contribution is -2.25. The SMILES string of the molecule is OC1(CCC2CCCO2)CCCC1. The van der Waals surface area contributed by atoms with Crippen LogP contribution in [-0.4, -0.2) is 23.4 Å². The molecule has 1 saturated carbocycles. The molecule has 1 heterocycles. The van der Waals surface area contributed by atoms with E-state index in [0.29, 0.717) is 6.10 Å². The van der Waals surface area contributed by atoms with E-state index >= 15 is 0 Å². The van der Waals surface area contributed by atoms with Crippen molar-refractivity contribution in [1.29, 1.82) is 0 Å². The molecule has 0 spiro atoms. The van der Waals surface area contributed by atoms with E-state index in [9.17, 15) is 5.11 Å². The molecule has 2 nitrogen and oxygen atoms in total. The van der Waals surface area contributed by atoms with Crippen molar-refractivity contribution in [2.45, 2.75) is 63.1 Å². The molecule has 1 aliphatic carbocycles. The van der Waals surface area contributed by atoms with Gasteiger partial charge in [0.05, 0.1) is 11.7 Å². The van der Waals surface area contributed by atoms with Crippen LogP contribution in [0.1, 0.15) is 51.4 Å². The summed E-state index contributed by atoms with van der Waals surface area (Å²) in [4.78, 5) is 0. The van der Waals surface area contributed by atoms with Gasteiger partial charge in [0.1, 0.15) is 0 Å². The molecule has 1 saturated heterocycles. The summed E-state index contributed by atoms with van der Waals surface area (Å²) in [5.74, 6) is 0. The number of aliphatic hydroxyl groups is 1. The van der Waals surface area contributed by atoms with Gasteiger partial charge in [0.15, 0.2) is 0 Å². The van der Waals surface area contributed by atoms with Crippen molar-refractivity contribution in [2.24, 2.45) is 0 Å². The molecule has 2 aliphatic rings. The fourth-order valence-corrected chi connectivity index (χ4v) is 2.58. The first-order valence-electron chi connectivity index (χ1n) is 5.63. The van der Waals surface area contributed by atoms with Gasteiger partial charge in [-0.05, 0) is 38.5 Å². The van der Waals surface area contributed by atoms with Crippen LogP contribution >= 0.6 is 0 Å². The average Bonchev–Trinajstić information content (AvgIpc) is 2.72. The van der Waals surface area contributed by atoms with Gasteiger partial charge in [0.2, 0.25) is 0 Å². The van der Waals surface area contributed by atoms with Crippen molar-refractivity contribution in [3.05, 3.63) is 0 Å². The van der Waals surface area contributed by atoms with E-state index in [0.717, 1.165) is 32.3 Å². The molecule has 0 radical (unpaired) electrons. The normalized spacial score (nSPS) is 32.5. The Kier molecular flexibility index (Phi) is 2.89. The van der Waals surface area contributed by atoms with Gasteiger partial charge < -0.3 is 9.84 Å². The molecule has 76 valence electrons. The quantitative estimate of drug-likeness (QED) is 0.729. The maximum Gasteiger partial charge on any atom is 0.0648 e. The lowest BCUT2D eigenvalue weighted by atomic mass is 9.94. The summed E-state index contributed by atoms with van der Waals surface area (Å²) in [5, 5.41) is 10.1. The van der Waals surface area contributed by atoms with Crippen LogP contribution in [0.15, 0.2) is 0 Å². The predicted molar refractivity (Wildman–Crippen MR) is 51.6 cm³/mol. The van der Waals surface area contributed by atoms with Gasteiger partial charge in [-0.15, -0.1) is 0 Å². The fraction of sp³-hybridized carbons (Fsp3) is 1.00. The zero-order chi connectivity index (χ0) is 9.15. The Morgan fingerprint density at radius 2 is 2.00 bits per heavy atom. The minimum Gasteiger partial charge on any atom is -0.390 e. The van der Waals surface area contributed by atoms with Crippen LogP contribution in [0, 0.1) is 0 Å². The molecular formula is C11H20O2. The minimum atomic E-state index is -0.327. The highest BCUT2D eigenvalue weighted by molar-refractivity contribution is 4.85. The van der Waals surface area contributed by atoms with Crippen molar-refractivity contribution in [3.8, 4) is 0 Å². The van der Waals surface area contributed by atoms with Crippen LogP contribution in [0.25, 0.3) is 0 Å². The van der Waals surface area contributed by atoms with E-state index in [-0.39, 0.29) is 5.60 Å². The topological polar surface area (TPSA) is 29.5 Å². The van der Waals surface area contributed by atoms with E-state index in [1.54, 1.807) is 0 Å². The van der Waals surface area contributed by atoms with Gasteiger partial charge in [0, 0.05) is 6.61 Å². The maximum atomic E-state index is 10.1. The smallest absolute Gasteiger partial charge is 0.0648 e. The van der Waals surface area contributed by atoms with Gasteiger partial charge in [-0.3, -0.25) is 0 Å². The van der Waals surface area contributed by atoms with Crippen LogP contribution in [-0.2, 0) is 4.74 Å². The first-order chi connectivity index (χ1) is 6.29. The Morgan fingerprint density at radius 3 is 2.62 bits per heavy atom. The summed E-state index contributed by atoms with van der Waals surface area (Å²) >= 11 is 0. The van der Waals surface area contributed by atoms with Gasteiger partial charge in [-0.1, -0.05) is 12.8 Å². The molecule has 1 N–H and O–H groups in total. The van der Waals surface area contributed by atoms with Crippen LogP contribution in [0.5, 0.6) is 0 Å². The predicted octanol–water partition coefficient (Wildman–Crippen LogP) is 2.25. The average molecular weight is 184 g/mol. The van der Waals surface area contributed by atoms with E-state index in [1.165, 1.54) is 25.7 Å². The van der Waals surface area contributed by atoms with Gasteiger partial charge in [-0.25, -0.2) is 0 Å². The summed E-state index contributed by atoms with van der Waals surface area (Å²) < 4.78 is 5.55. The largest absolute Gasteiger partial charge is 0.390 e. The molecule has 0 aromatic rings. The zero-order valence-corrected chi connectivity index (χ0v) is 8.30. The van der Waals surface area contributed by atoms with Crippen LogP contribution in [0.2, 0.25) is 0 Å². The third kappa shape index (κ3) is 2.44. The lowest BCUT2D eigenvalue weighted by molar-refractivity contribution is 0.0161. The summed E-state index contributed by atoms with van der Waals surface area (Å²) in [6.45, 7) is 0.934. The molecule has 2 fully saturated rings. The minimum absolute atomic E-state index is 0.327. The third-order valence-electron chi connectivity index (χ3n) is 3.49. The molecule has 0 aromatic heterocycles. The Hall–Kier alpha value is -0.0800. The highest BCUT2D eigenvalue weighted by Gasteiger charge is 2.31. The highest BCUT2D eigenvalue weighted by Crippen LogP contribution is 2.34. The molecule has 13 heavy (non-hydrogen) atoms. The second-order valence-corrected chi connectivity index (χ2v) is 4.61. The second kappa shape index (κ2) is 3.97. The van der Waals surface area contributed by atoms with Crippen LogP contribution in [0.4, 0.5) is 0 Å². The standard InChI is InChI=1S/C11H20O2/c12-11(6-1-2-7-11)8-5-10-4-3-9-13-10/h10,12H,1-9H2. The molecule has 2 rings (SSSR count). The van der Waals surface area contributed by atoms with E-state index < -0.39 is 0 Å². The van der Waals surface area contributed by atoms with Crippen molar-refractivity contribution < 1.29 is 9.84 Å². The van der Waals surface area contributed by atoms with Gasteiger partial charge in [0.25, 0.3) is 0 Å². The first kappa shape index (κ1) is 9.47. The molecule has 1 aliphatic heterocycles. The summed E-state index contributed by atoms with van der Waals surface area (Å²) in [6, 6.07) is 0. The Bertz CT molecular complexity index is 155.